The van der Waals surface area contributed by atoms with Gasteiger partial charge in [0.15, 0.2) is 17.3 Å². The fraction of sp³-hybridized carbons (Fsp3) is 0.500. The van der Waals surface area contributed by atoms with Crippen molar-refractivity contribution in [1.82, 2.24) is 30.2 Å². The predicted octanol–water partition coefficient (Wildman–Crippen LogP) is 3.20. The van der Waals surface area contributed by atoms with E-state index in [1.807, 2.05) is 18.2 Å². The Labute approximate surface area is 175 Å². The Morgan fingerprint density at radius 1 is 1.24 bits per heavy atom. The van der Waals surface area contributed by atoms with Crippen molar-refractivity contribution in [3.05, 3.63) is 42.1 Å². The molecule has 0 saturated heterocycles. The summed E-state index contributed by atoms with van der Waals surface area (Å²) in [5.74, 6) is 2.19. The second-order valence-corrected chi connectivity index (χ2v) is 7.65. The largest absolute Gasteiger partial charge is 0.358 e. The van der Waals surface area contributed by atoms with Crippen LogP contribution >= 0.6 is 11.6 Å². The molecule has 8 nitrogen and oxygen atoms in total. The molecule has 0 aliphatic carbocycles. The maximum atomic E-state index is 6.16. The normalized spacial score (nSPS) is 18.3. The number of aryl methyl sites for hydroxylation is 1. The van der Waals surface area contributed by atoms with Crippen molar-refractivity contribution in [3.8, 4) is 11.6 Å². The van der Waals surface area contributed by atoms with Crippen LogP contribution in [-0.2, 0) is 6.42 Å². The summed E-state index contributed by atoms with van der Waals surface area (Å²) in [6.45, 7) is 5.00. The van der Waals surface area contributed by atoms with E-state index in [1.54, 1.807) is 6.20 Å². The first-order valence-electron chi connectivity index (χ1n) is 10.2. The molecule has 0 spiro atoms. The van der Waals surface area contributed by atoms with Crippen LogP contribution in [0.2, 0.25) is 0 Å². The van der Waals surface area contributed by atoms with Crippen LogP contribution in [0, 0.1) is 0 Å². The van der Waals surface area contributed by atoms with Gasteiger partial charge in [-0.15, -0.1) is 0 Å². The van der Waals surface area contributed by atoms with Crippen LogP contribution in [-0.4, -0.2) is 56.1 Å². The molecular weight excluding hydrogens is 390 g/mol. The Morgan fingerprint density at radius 2 is 2.17 bits per heavy atom. The Morgan fingerprint density at radius 3 is 3.00 bits per heavy atom. The number of aromatic nitrogens is 3. The molecule has 1 unspecified atom stereocenters. The maximum Gasteiger partial charge on any atom is 0.276 e. The molecule has 2 aromatic rings. The molecule has 154 valence electrons. The van der Waals surface area contributed by atoms with Gasteiger partial charge in [0, 0.05) is 31.9 Å². The van der Waals surface area contributed by atoms with Crippen molar-refractivity contribution in [3.63, 3.8) is 0 Å². The number of rotatable bonds is 9. The van der Waals surface area contributed by atoms with Gasteiger partial charge in [0.1, 0.15) is 5.69 Å². The minimum atomic E-state index is -0.369. The Balaban J connectivity index is 1.27. The summed E-state index contributed by atoms with van der Waals surface area (Å²) < 4.78 is 5.32. The van der Waals surface area contributed by atoms with Gasteiger partial charge in [0.25, 0.3) is 5.89 Å². The number of nitrogens with one attached hydrogen (secondary N) is 1. The summed E-state index contributed by atoms with van der Waals surface area (Å²) in [6, 6.07) is 5.64. The van der Waals surface area contributed by atoms with Crippen LogP contribution in [0.1, 0.15) is 38.4 Å². The third-order valence-corrected chi connectivity index (χ3v) is 5.15. The lowest BCUT2D eigenvalue weighted by Gasteiger charge is -2.36. The number of alkyl halides is 1. The SMILES string of the molecule is CCCCN1CN(CCCCc2noc(-c3ccccn3)n2)C=C2NC(Cl)N=C21. The molecule has 0 amide bonds. The summed E-state index contributed by atoms with van der Waals surface area (Å²) in [5, 5.41) is 7.30. The topological polar surface area (TPSA) is 82.7 Å². The predicted molar refractivity (Wildman–Crippen MR) is 112 cm³/mol. The van der Waals surface area contributed by atoms with E-state index in [0.29, 0.717) is 11.6 Å². The van der Waals surface area contributed by atoms with Gasteiger partial charge in [0.05, 0.1) is 12.4 Å². The average molecular weight is 416 g/mol. The molecule has 4 heterocycles. The van der Waals surface area contributed by atoms with E-state index in [2.05, 4.69) is 48.4 Å². The maximum absolute atomic E-state index is 6.16. The molecule has 2 aliphatic rings. The monoisotopic (exact) mass is 415 g/mol. The Hall–Kier alpha value is -2.61. The molecule has 29 heavy (non-hydrogen) atoms. The van der Waals surface area contributed by atoms with E-state index in [1.165, 1.54) is 0 Å². The summed E-state index contributed by atoms with van der Waals surface area (Å²) >= 11 is 6.16. The Kier molecular flexibility index (Phi) is 6.29. The highest BCUT2D eigenvalue weighted by atomic mass is 35.5. The highest BCUT2D eigenvalue weighted by Gasteiger charge is 2.29. The van der Waals surface area contributed by atoms with Crippen molar-refractivity contribution in [2.24, 2.45) is 4.99 Å². The molecule has 0 saturated carbocycles. The lowest BCUT2D eigenvalue weighted by Crippen LogP contribution is -2.45. The third-order valence-electron chi connectivity index (χ3n) is 4.94. The highest BCUT2D eigenvalue weighted by Crippen LogP contribution is 2.21. The van der Waals surface area contributed by atoms with Crippen molar-refractivity contribution in [1.29, 1.82) is 0 Å². The quantitative estimate of drug-likeness (QED) is 0.382. The molecule has 9 heteroatoms. The number of hydrogen-bond donors (Lipinski definition) is 1. The van der Waals surface area contributed by atoms with Crippen LogP contribution in [0.4, 0.5) is 0 Å². The third kappa shape index (κ3) is 4.87. The van der Waals surface area contributed by atoms with Gasteiger partial charge < -0.3 is 19.6 Å². The molecule has 4 rings (SSSR count). The molecule has 2 aromatic heterocycles. The first kappa shape index (κ1) is 19.7. The number of amidine groups is 1. The van der Waals surface area contributed by atoms with Crippen LogP contribution < -0.4 is 5.32 Å². The highest BCUT2D eigenvalue weighted by molar-refractivity contribution is 6.22. The fourth-order valence-corrected chi connectivity index (χ4v) is 3.68. The van der Waals surface area contributed by atoms with E-state index in [0.717, 1.165) is 69.2 Å². The molecule has 0 fully saturated rings. The molecule has 1 N–H and O–H groups in total. The van der Waals surface area contributed by atoms with E-state index >= 15 is 0 Å². The van der Waals surface area contributed by atoms with Crippen LogP contribution in [0.3, 0.4) is 0 Å². The van der Waals surface area contributed by atoms with Crippen molar-refractivity contribution in [2.45, 2.75) is 44.7 Å². The van der Waals surface area contributed by atoms with E-state index in [9.17, 15) is 0 Å². The van der Waals surface area contributed by atoms with Gasteiger partial charge in [-0.25, -0.2) is 4.99 Å². The van der Waals surface area contributed by atoms with Gasteiger partial charge in [0.2, 0.25) is 0 Å². The van der Waals surface area contributed by atoms with Crippen molar-refractivity contribution >= 4 is 17.4 Å². The zero-order chi connectivity index (χ0) is 20.1. The standard InChI is InChI=1S/C20H26ClN7O/c1-2-3-12-28-14-27(13-16-18(28)25-20(21)23-16)11-7-5-9-17-24-19(29-26-17)15-8-4-6-10-22-15/h4,6,8,10,13,20,23H,2-3,5,7,9,11-12,14H2,1H3. The lowest BCUT2D eigenvalue weighted by atomic mass is 10.2. The molecule has 0 bridgehead atoms. The Bertz CT molecular complexity index is 867. The zero-order valence-corrected chi connectivity index (χ0v) is 17.3. The first-order valence-corrected chi connectivity index (χ1v) is 10.6. The smallest absolute Gasteiger partial charge is 0.276 e. The number of halogens is 1. The first-order chi connectivity index (χ1) is 14.2. The molecular formula is C20H26ClN7O. The lowest BCUT2D eigenvalue weighted by molar-refractivity contribution is 0.229. The average Bonchev–Trinajstić information content (AvgIpc) is 3.36. The minimum Gasteiger partial charge on any atom is -0.358 e. The van der Waals surface area contributed by atoms with Crippen LogP contribution in [0.25, 0.3) is 11.6 Å². The van der Waals surface area contributed by atoms with Crippen molar-refractivity contribution < 1.29 is 4.52 Å². The molecule has 1 atom stereocenters. The number of nitrogens with zero attached hydrogens (tertiary/aromatic N) is 6. The summed E-state index contributed by atoms with van der Waals surface area (Å²) in [5.41, 5.74) is 1.36. The summed E-state index contributed by atoms with van der Waals surface area (Å²) in [6.07, 6.45) is 8.97. The minimum absolute atomic E-state index is 0.369. The van der Waals surface area contributed by atoms with Gasteiger partial charge in [-0.1, -0.05) is 36.2 Å². The second kappa shape index (κ2) is 9.26. The summed E-state index contributed by atoms with van der Waals surface area (Å²) in [7, 11) is 0. The number of fused-ring (bicyclic) bond motifs is 1. The molecule has 0 aromatic carbocycles. The van der Waals surface area contributed by atoms with Gasteiger partial charge >= 0.3 is 0 Å². The number of hydrogen-bond acceptors (Lipinski definition) is 8. The number of aliphatic imine (C=N–C) groups is 1. The summed E-state index contributed by atoms with van der Waals surface area (Å²) in [4.78, 5) is 17.8. The van der Waals surface area contributed by atoms with E-state index in [-0.39, 0.29) is 5.62 Å². The zero-order valence-electron chi connectivity index (χ0n) is 16.6. The molecule has 2 aliphatic heterocycles. The van der Waals surface area contributed by atoms with E-state index < -0.39 is 0 Å². The van der Waals surface area contributed by atoms with Crippen LogP contribution in [0.15, 0.2) is 45.8 Å². The number of pyridine rings is 1. The van der Waals surface area contributed by atoms with Crippen molar-refractivity contribution in [2.75, 3.05) is 19.8 Å². The van der Waals surface area contributed by atoms with Gasteiger partial charge in [-0.05, 0) is 31.4 Å². The fourth-order valence-electron chi connectivity index (χ4n) is 3.47. The van der Waals surface area contributed by atoms with Crippen LogP contribution in [0.5, 0.6) is 0 Å². The molecule has 0 radical (unpaired) electrons. The van der Waals surface area contributed by atoms with Gasteiger partial charge in [-0.3, -0.25) is 4.98 Å². The number of unbranched alkanes of at least 4 members (excludes halogenated alkanes) is 2. The van der Waals surface area contributed by atoms with Gasteiger partial charge in [-0.2, -0.15) is 4.98 Å². The second-order valence-electron chi connectivity index (χ2n) is 7.23. The van der Waals surface area contributed by atoms with E-state index in [4.69, 9.17) is 16.1 Å².